The molecular weight excluding hydrogens is 248 g/mol. The number of benzene rings is 1. The number of hydrogen-bond acceptors (Lipinski definition) is 2. The third kappa shape index (κ3) is 2.20. The summed E-state index contributed by atoms with van der Waals surface area (Å²) in [6, 6.07) is 2.41. The summed E-state index contributed by atoms with van der Waals surface area (Å²) in [5.41, 5.74) is 5.76. The van der Waals surface area contributed by atoms with E-state index in [9.17, 15) is 8.78 Å². The average molecular weight is 263 g/mol. The second-order valence-corrected chi connectivity index (χ2v) is 5.07. The highest BCUT2D eigenvalue weighted by atomic mass is 19.1. The van der Waals surface area contributed by atoms with Crippen LogP contribution in [0.25, 0.3) is 11.1 Å². The van der Waals surface area contributed by atoms with Crippen LogP contribution in [0.1, 0.15) is 19.3 Å². The fraction of sp³-hybridized carbons (Fsp3) is 0.357. The van der Waals surface area contributed by atoms with Gasteiger partial charge in [-0.1, -0.05) is 6.42 Å². The van der Waals surface area contributed by atoms with Crippen LogP contribution in [-0.4, -0.2) is 9.78 Å². The van der Waals surface area contributed by atoms with E-state index in [2.05, 4.69) is 5.10 Å². The molecule has 1 aromatic carbocycles. The van der Waals surface area contributed by atoms with Crippen LogP contribution in [0.4, 0.5) is 14.5 Å². The van der Waals surface area contributed by atoms with Crippen LogP contribution in [0.5, 0.6) is 0 Å². The van der Waals surface area contributed by atoms with Gasteiger partial charge in [-0.25, -0.2) is 8.78 Å². The predicted molar refractivity (Wildman–Crippen MR) is 69.3 cm³/mol. The van der Waals surface area contributed by atoms with Crippen molar-refractivity contribution in [3.8, 4) is 11.1 Å². The van der Waals surface area contributed by atoms with Crippen LogP contribution < -0.4 is 5.73 Å². The van der Waals surface area contributed by atoms with Crippen molar-refractivity contribution in [2.24, 2.45) is 5.92 Å². The lowest BCUT2D eigenvalue weighted by Crippen LogP contribution is -2.18. The number of nitrogen functional groups attached to an aromatic ring is 1. The fourth-order valence-corrected chi connectivity index (χ4v) is 2.37. The second kappa shape index (κ2) is 4.64. The quantitative estimate of drug-likeness (QED) is 0.864. The first-order chi connectivity index (χ1) is 9.15. The Morgan fingerprint density at radius 2 is 2.11 bits per heavy atom. The molecule has 0 bridgehead atoms. The Kier molecular flexibility index (Phi) is 2.97. The summed E-state index contributed by atoms with van der Waals surface area (Å²) in [6.07, 6.45) is 6.84. The third-order valence-electron chi connectivity index (χ3n) is 3.71. The Bertz CT molecular complexity index is 603. The van der Waals surface area contributed by atoms with E-state index in [1.807, 2.05) is 0 Å². The monoisotopic (exact) mass is 263 g/mol. The molecule has 0 spiro atoms. The SMILES string of the molecule is Nc1ccc(F)c(-c2cnn(CC3CCC3)c2)c1F. The number of rotatable bonds is 3. The Labute approximate surface area is 110 Å². The standard InChI is InChI=1S/C14H15F2N3/c15-11-4-5-12(17)14(16)13(11)10-6-18-19(8-10)7-9-2-1-3-9/h4-6,8-9H,1-3,7,17H2. The molecule has 100 valence electrons. The zero-order chi connectivity index (χ0) is 13.4. The molecule has 2 aromatic rings. The molecule has 1 fully saturated rings. The molecule has 0 saturated heterocycles. The molecular formula is C14H15F2N3. The molecule has 1 aliphatic rings. The van der Waals surface area contributed by atoms with Crippen LogP contribution >= 0.6 is 0 Å². The van der Waals surface area contributed by atoms with Crippen molar-refractivity contribution in [3.05, 3.63) is 36.2 Å². The van der Waals surface area contributed by atoms with Crippen LogP contribution in [0, 0.1) is 17.6 Å². The summed E-state index contributed by atoms with van der Waals surface area (Å²) in [6.45, 7) is 0.811. The first-order valence-electron chi connectivity index (χ1n) is 6.41. The minimum atomic E-state index is -0.719. The highest BCUT2D eigenvalue weighted by molar-refractivity contribution is 5.68. The maximum Gasteiger partial charge on any atom is 0.156 e. The van der Waals surface area contributed by atoms with Gasteiger partial charge in [0.1, 0.15) is 5.82 Å². The van der Waals surface area contributed by atoms with Crippen molar-refractivity contribution in [2.45, 2.75) is 25.8 Å². The number of aromatic nitrogens is 2. The molecule has 1 aromatic heterocycles. The highest BCUT2D eigenvalue weighted by Gasteiger charge is 2.20. The van der Waals surface area contributed by atoms with Gasteiger partial charge >= 0.3 is 0 Å². The largest absolute Gasteiger partial charge is 0.396 e. The summed E-state index contributed by atoms with van der Waals surface area (Å²) in [7, 11) is 0. The van der Waals surface area contributed by atoms with E-state index in [0.717, 1.165) is 6.54 Å². The first kappa shape index (κ1) is 12.1. The molecule has 0 unspecified atom stereocenters. The molecule has 19 heavy (non-hydrogen) atoms. The van der Waals surface area contributed by atoms with Gasteiger partial charge in [-0.05, 0) is 30.9 Å². The van der Waals surface area contributed by atoms with Crippen LogP contribution in [-0.2, 0) is 6.54 Å². The normalized spacial score (nSPS) is 15.5. The lowest BCUT2D eigenvalue weighted by Gasteiger charge is -2.24. The van der Waals surface area contributed by atoms with Crippen molar-refractivity contribution in [2.75, 3.05) is 5.73 Å². The van der Waals surface area contributed by atoms with Crippen molar-refractivity contribution in [1.82, 2.24) is 9.78 Å². The van der Waals surface area contributed by atoms with Crippen molar-refractivity contribution in [1.29, 1.82) is 0 Å². The lowest BCUT2D eigenvalue weighted by atomic mass is 9.85. The summed E-state index contributed by atoms with van der Waals surface area (Å²) in [5.74, 6) is -0.693. The Morgan fingerprint density at radius 1 is 1.32 bits per heavy atom. The molecule has 0 aliphatic heterocycles. The fourth-order valence-electron chi connectivity index (χ4n) is 2.37. The van der Waals surface area contributed by atoms with Gasteiger partial charge in [-0.15, -0.1) is 0 Å². The van der Waals surface area contributed by atoms with Gasteiger partial charge in [0.2, 0.25) is 0 Å². The summed E-state index contributed by atoms with van der Waals surface area (Å²) in [4.78, 5) is 0. The van der Waals surface area contributed by atoms with Gasteiger partial charge in [-0.2, -0.15) is 5.10 Å². The maximum atomic E-state index is 13.9. The summed E-state index contributed by atoms with van der Waals surface area (Å²) < 4.78 is 29.4. The molecule has 1 aliphatic carbocycles. The number of anilines is 1. The average Bonchev–Trinajstić information content (AvgIpc) is 2.78. The Hall–Kier alpha value is -1.91. The van der Waals surface area contributed by atoms with Gasteiger partial charge in [-0.3, -0.25) is 4.68 Å². The molecule has 0 atom stereocenters. The number of hydrogen-bond donors (Lipinski definition) is 1. The molecule has 1 saturated carbocycles. The molecule has 3 rings (SSSR count). The molecule has 5 heteroatoms. The van der Waals surface area contributed by atoms with Gasteiger partial charge in [0.05, 0.1) is 17.4 Å². The maximum absolute atomic E-state index is 13.9. The van der Waals surface area contributed by atoms with Crippen LogP contribution in [0.15, 0.2) is 24.5 Å². The van der Waals surface area contributed by atoms with Gasteiger partial charge in [0.25, 0.3) is 0 Å². The Balaban J connectivity index is 1.91. The van der Waals surface area contributed by atoms with Gasteiger partial charge in [0, 0.05) is 18.3 Å². The van der Waals surface area contributed by atoms with Gasteiger partial charge < -0.3 is 5.73 Å². The minimum absolute atomic E-state index is 0.0526. The van der Waals surface area contributed by atoms with Crippen molar-refractivity contribution >= 4 is 5.69 Å². The molecule has 0 amide bonds. The van der Waals surface area contributed by atoms with E-state index in [-0.39, 0.29) is 11.3 Å². The first-order valence-corrected chi connectivity index (χ1v) is 6.41. The topological polar surface area (TPSA) is 43.8 Å². The van der Waals surface area contributed by atoms with E-state index >= 15 is 0 Å². The number of nitrogens with two attached hydrogens (primary N) is 1. The lowest BCUT2D eigenvalue weighted by molar-refractivity contribution is 0.266. The minimum Gasteiger partial charge on any atom is -0.396 e. The Morgan fingerprint density at radius 3 is 2.79 bits per heavy atom. The van der Waals surface area contributed by atoms with E-state index < -0.39 is 11.6 Å². The molecule has 1 heterocycles. The number of nitrogens with zero attached hydrogens (tertiary/aromatic N) is 2. The smallest absolute Gasteiger partial charge is 0.156 e. The van der Waals surface area contributed by atoms with Crippen molar-refractivity contribution < 1.29 is 8.78 Å². The molecule has 0 radical (unpaired) electrons. The third-order valence-corrected chi connectivity index (χ3v) is 3.71. The predicted octanol–water partition coefficient (Wildman–Crippen LogP) is 3.21. The van der Waals surface area contributed by atoms with E-state index in [1.54, 1.807) is 10.9 Å². The second-order valence-electron chi connectivity index (χ2n) is 5.07. The van der Waals surface area contributed by atoms with Crippen molar-refractivity contribution in [3.63, 3.8) is 0 Å². The summed E-state index contributed by atoms with van der Waals surface area (Å²) in [5, 5.41) is 4.17. The van der Waals surface area contributed by atoms with Crippen LogP contribution in [0.3, 0.4) is 0 Å². The van der Waals surface area contributed by atoms with E-state index in [1.165, 1.54) is 37.6 Å². The zero-order valence-electron chi connectivity index (χ0n) is 10.4. The number of halogens is 2. The van der Waals surface area contributed by atoms with E-state index in [4.69, 9.17) is 5.73 Å². The van der Waals surface area contributed by atoms with Crippen LogP contribution in [0.2, 0.25) is 0 Å². The molecule has 2 N–H and O–H groups in total. The highest BCUT2D eigenvalue weighted by Crippen LogP contribution is 2.31. The van der Waals surface area contributed by atoms with Gasteiger partial charge in [0.15, 0.2) is 5.82 Å². The van der Waals surface area contributed by atoms with E-state index in [0.29, 0.717) is 11.5 Å². The molecule has 3 nitrogen and oxygen atoms in total. The zero-order valence-corrected chi connectivity index (χ0v) is 10.4. The summed E-state index contributed by atoms with van der Waals surface area (Å²) >= 11 is 0.